The van der Waals surface area contributed by atoms with Gasteiger partial charge in [0.1, 0.15) is 6.07 Å². The first-order chi connectivity index (χ1) is 15.7. The lowest BCUT2D eigenvalue weighted by atomic mass is 10.00. The third kappa shape index (κ3) is 3.89. The number of pyridine rings is 1. The van der Waals surface area contributed by atoms with Crippen molar-refractivity contribution in [3.8, 4) is 6.07 Å². The second-order valence-corrected chi connectivity index (χ2v) is 8.22. The van der Waals surface area contributed by atoms with Crippen LogP contribution in [0.25, 0.3) is 17.0 Å². The fraction of sp³-hybridized carbons (Fsp3) is 0.185. The van der Waals surface area contributed by atoms with E-state index < -0.39 is 0 Å². The Labute approximate surface area is 188 Å². The third-order valence-electron chi connectivity index (χ3n) is 6.23. The Morgan fingerprint density at radius 3 is 2.91 bits per heavy atom. The average molecular weight is 420 g/mol. The summed E-state index contributed by atoms with van der Waals surface area (Å²) >= 11 is 0. The molecule has 0 fully saturated rings. The smallest absolute Gasteiger partial charge is 0.103 e. The van der Waals surface area contributed by atoms with E-state index in [-0.39, 0.29) is 0 Å². The van der Waals surface area contributed by atoms with Gasteiger partial charge in [-0.1, -0.05) is 36.4 Å². The first kappa shape index (κ1) is 20.0. The highest BCUT2D eigenvalue weighted by molar-refractivity contribution is 5.89. The van der Waals surface area contributed by atoms with Gasteiger partial charge < -0.3 is 10.3 Å². The van der Waals surface area contributed by atoms with Crippen molar-refractivity contribution in [2.24, 2.45) is 0 Å². The minimum atomic E-state index is 0.535. The molecule has 32 heavy (non-hydrogen) atoms. The van der Waals surface area contributed by atoms with E-state index in [0.29, 0.717) is 5.56 Å². The van der Waals surface area contributed by atoms with Gasteiger partial charge in [0.25, 0.3) is 0 Å². The Morgan fingerprint density at radius 2 is 2.03 bits per heavy atom. The molecule has 5 rings (SSSR count). The third-order valence-corrected chi connectivity index (χ3v) is 6.23. The van der Waals surface area contributed by atoms with Gasteiger partial charge in [0.2, 0.25) is 0 Å². The Hall–Kier alpha value is -3.88. The number of hydrogen-bond acceptors (Lipinski definition) is 4. The van der Waals surface area contributed by atoms with E-state index in [1.807, 2.05) is 12.4 Å². The van der Waals surface area contributed by atoms with Crippen LogP contribution in [0, 0.1) is 18.3 Å². The number of aromatic amines is 1. The molecule has 2 aromatic heterocycles. The van der Waals surface area contributed by atoms with E-state index in [1.54, 1.807) is 6.20 Å². The predicted octanol–water partition coefficient (Wildman–Crippen LogP) is 5.56. The highest BCUT2D eigenvalue weighted by atomic mass is 15.1. The summed E-state index contributed by atoms with van der Waals surface area (Å²) in [4.78, 5) is 9.97. The van der Waals surface area contributed by atoms with Crippen molar-refractivity contribution in [3.05, 3.63) is 94.9 Å². The minimum Gasteiger partial charge on any atom is -0.361 e. The van der Waals surface area contributed by atoms with Gasteiger partial charge in [0.05, 0.1) is 11.3 Å². The summed E-state index contributed by atoms with van der Waals surface area (Å²) in [5, 5.41) is 14.4. The van der Waals surface area contributed by atoms with Crippen LogP contribution in [0.15, 0.2) is 67.1 Å². The van der Waals surface area contributed by atoms with Crippen LogP contribution in [0.1, 0.15) is 27.8 Å². The van der Waals surface area contributed by atoms with Crippen LogP contribution in [-0.4, -0.2) is 28.0 Å². The second kappa shape index (κ2) is 8.70. The Balaban J connectivity index is 1.38. The molecule has 2 aromatic carbocycles. The molecular weight excluding hydrogens is 394 g/mol. The molecule has 0 spiro atoms. The van der Waals surface area contributed by atoms with E-state index in [2.05, 4.69) is 87.8 Å². The molecule has 0 radical (unpaired) electrons. The van der Waals surface area contributed by atoms with Crippen LogP contribution in [0.2, 0.25) is 0 Å². The molecule has 0 atom stereocenters. The SMILES string of the molecule is Cc1c(Nc2c(C#N)cncc2/C=C/CN2CCc3ccccc3C2)ccc2[nH]ccc12. The number of nitrogens with one attached hydrogen (secondary N) is 2. The molecule has 1 aliphatic rings. The summed E-state index contributed by atoms with van der Waals surface area (Å²) in [7, 11) is 0. The minimum absolute atomic E-state index is 0.535. The van der Waals surface area contributed by atoms with Crippen LogP contribution in [0.3, 0.4) is 0 Å². The average Bonchev–Trinajstić information content (AvgIpc) is 3.31. The standard InChI is InChI=1S/C27H25N5/c1-19-24-10-12-30-26(24)9-8-25(19)31-27-21(16-29-17-23(27)15-28)7-4-13-32-14-11-20-5-2-3-6-22(20)18-32/h2-10,12,16-17,30H,11,13-14,18H2,1H3,(H,29,31)/b7-4+. The van der Waals surface area contributed by atoms with Gasteiger partial charge in [-0.25, -0.2) is 0 Å². The number of hydrogen-bond donors (Lipinski definition) is 2. The number of nitriles is 1. The maximum Gasteiger partial charge on any atom is 0.103 e. The second-order valence-electron chi connectivity index (χ2n) is 8.22. The molecule has 4 aromatic rings. The van der Waals surface area contributed by atoms with Crippen molar-refractivity contribution in [2.45, 2.75) is 19.9 Å². The van der Waals surface area contributed by atoms with E-state index >= 15 is 0 Å². The summed E-state index contributed by atoms with van der Waals surface area (Å²) in [5.74, 6) is 0. The molecule has 3 heterocycles. The molecule has 0 aliphatic carbocycles. The van der Waals surface area contributed by atoms with Crippen molar-refractivity contribution in [1.82, 2.24) is 14.9 Å². The van der Waals surface area contributed by atoms with E-state index in [0.717, 1.165) is 54.1 Å². The van der Waals surface area contributed by atoms with Crippen molar-refractivity contribution in [1.29, 1.82) is 5.26 Å². The number of nitrogens with zero attached hydrogens (tertiary/aromatic N) is 3. The number of aryl methyl sites for hydroxylation is 1. The number of aromatic nitrogens is 2. The zero-order chi connectivity index (χ0) is 21.9. The number of fused-ring (bicyclic) bond motifs is 2. The molecule has 2 N–H and O–H groups in total. The van der Waals surface area contributed by atoms with Crippen LogP contribution < -0.4 is 5.32 Å². The zero-order valence-electron chi connectivity index (χ0n) is 18.1. The van der Waals surface area contributed by atoms with E-state index in [1.165, 1.54) is 16.5 Å². The lowest BCUT2D eigenvalue weighted by Crippen LogP contribution is -2.30. The monoisotopic (exact) mass is 419 g/mol. The summed E-state index contributed by atoms with van der Waals surface area (Å²) in [6, 6.07) is 17.1. The normalized spacial score (nSPS) is 13.9. The van der Waals surface area contributed by atoms with Gasteiger partial charge in [-0.3, -0.25) is 9.88 Å². The number of benzene rings is 2. The Morgan fingerprint density at radius 1 is 1.16 bits per heavy atom. The summed E-state index contributed by atoms with van der Waals surface area (Å²) < 4.78 is 0. The lowest BCUT2D eigenvalue weighted by molar-refractivity contribution is 0.282. The summed E-state index contributed by atoms with van der Waals surface area (Å²) in [6.07, 6.45) is 10.7. The fourth-order valence-corrected chi connectivity index (χ4v) is 4.42. The van der Waals surface area contributed by atoms with E-state index in [4.69, 9.17) is 0 Å². The van der Waals surface area contributed by atoms with Gasteiger partial charge in [-0.05, 0) is 48.2 Å². The molecule has 0 unspecified atom stereocenters. The molecular formula is C27H25N5. The number of H-pyrrole nitrogens is 1. The first-order valence-electron chi connectivity index (χ1n) is 10.9. The van der Waals surface area contributed by atoms with Crippen molar-refractivity contribution in [3.63, 3.8) is 0 Å². The topological polar surface area (TPSA) is 67.7 Å². The Kier molecular flexibility index (Phi) is 5.45. The molecule has 0 saturated heterocycles. The van der Waals surface area contributed by atoms with Crippen molar-refractivity contribution < 1.29 is 0 Å². The van der Waals surface area contributed by atoms with Crippen molar-refractivity contribution in [2.75, 3.05) is 18.4 Å². The highest BCUT2D eigenvalue weighted by Crippen LogP contribution is 2.31. The maximum absolute atomic E-state index is 9.68. The van der Waals surface area contributed by atoms with Crippen LogP contribution >= 0.6 is 0 Å². The zero-order valence-corrected chi connectivity index (χ0v) is 18.1. The van der Waals surface area contributed by atoms with Gasteiger partial charge in [-0.2, -0.15) is 5.26 Å². The molecule has 158 valence electrons. The molecule has 0 bridgehead atoms. The molecule has 1 aliphatic heterocycles. The number of rotatable bonds is 5. The predicted molar refractivity (Wildman–Crippen MR) is 130 cm³/mol. The fourth-order valence-electron chi connectivity index (χ4n) is 4.42. The van der Waals surface area contributed by atoms with Gasteiger partial charge in [0, 0.05) is 60.4 Å². The molecule has 0 saturated carbocycles. The maximum atomic E-state index is 9.68. The molecule has 5 heteroatoms. The highest BCUT2D eigenvalue weighted by Gasteiger charge is 2.15. The molecule has 5 nitrogen and oxygen atoms in total. The van der Waals surface area contributed by atoms with Crippen LogP contribution in [0.4, 0.5) is 11.4 Å². The largest absolute Gasteiger partial charge is 0.361 e. The van der Waals surface area contributed by atoms with Gasteiger partial charge in [-0.15, -0.1) is 0 Å². The van der Waals surface area contributed by atoms with Crippen LogP contribution in [-0.2, 0) is 13.0 Å². The lowest BCUT2D eigenvalue weighted by Gasteiger charge is -2.27. The summed E-state index contributed by atoms with van der Waals surface area (Å²) in [6.45, 7) is 4.98. The van der Waals surface area contributed by atoms with Crippen molar-refractivity contribution >= 4 is 28.4 Å². The molecule has 0 amide bonds. The quantitative estimate of drug-likeness (QED) is 0.444. The van der Waals surface area contributed by atoms with Gasteiger partial charge in [0.15, 0.2) is 0 Å². The van der Waals surface area contributed by atoms with E-state index in [9.17, 15) is 5.26 Å². The number of anilines is 2. The van der Waals surface area contributed by atoms with Gasteiger partial charge >= 0.3 is 0 Å². The first-order valence-corrected chi connectivity index (χ1v) is 10.9. The summed E-state index contributed by atoms with van der Waals surface area (Å²) in [5.41, 5.74) is 8.35. The Bertz CT molecular complexity index is 1340. The van der Waals surface area contributed by atoms with Crippen LogP contribution in [0.5, 0.6) is 0 Å².